The first-order valence-electron chi connectivity index (χ1n) is 6.15. The van der Waals surface area contributed by atoms with Gasteiger partial charge in [0, 0.05) is 12.3 Å². The van der Waals surface area contributed by atoms with Crippen molar-refractivity contribution in [2.24, 2.45) is 5.92 Å². The van der Waals surface area contributed by atoms with Crippen LogP contribution in [0.25, 0.3) is 6.08 Å². The molecular formula is C12H15N3O4. The van der Waals surface area contributed by atoms with Crippen LogP contribution in [0.4, 0.5) is 0 Å². The Morgan fingerprint density at radius 1 is 1.68 bits per heavy atom. The molecule has 1 heterocycles. The van der Waals surface area contributed by atoms with Crippen molar-refractivity contribution in [1.82, 2.24) is 9.78 Å². The van der Waals surface area contributed by atoms with Gasteiger partial charge in [0.2, 0.25) is 6.20 Å². The van der Waals surface area contributed by atoms with Gasteiger partial charge < -0.3 is 4.74 Å². The second kappa shape index (κ2) is 5.64. The van der Waals surface area contributed by atoms with Crippen LogP contribution in [-0.4, -0.2) is 27.3 Å². The van der Waals surface area contributed by atoms with Gasteiger partial charge in [0.25, 0.3) is 0 Å². The molecule has 1 aliphatic carbocycles. The Balaban J connectivity index is 2.03. The highest BCUT2D eigenvalue weighted by Crippen LogP contribution is 2.38. The summed E-state index contributed by atoms with van der Waals surface area (Å²) in [5.74, 6) is -0.358. The summed E-state index contributed by atoms with van der Waals surface area (Å²) in [6, 6.07) is 1.68. The van der Waals surface area contributed by atoms with Crippen molar-refractivity contribution >= 4 is 12.0 Å². The van der Waals surface area contributed by atoms with Gasteiger partial charge in [-0.1, -0.05) is 0 Å². The Bertz CT molecular complexity index is 509. The average Bonchev–Trinajstić information content (AvgIpc) is 2.73. The van der Waals surface area contributed by atoms with Gasteiger partial charge in [-0.3, -0.25) is 19.6 Å². The molecule has 102 valence electrons. The lowest BCUT2D eigenvalue weighted by Gasteiger charge is -2.34. The van der Waals surface area contributed by atoms with E-state index in [0.717, 1.165) is 19.0 Å². The summed E-state index contributed by atoms with van der Waals surface area (Å²) < 4.78 is 6.69. The van der Waals surface area contributed by atoms with Crippen LogP contribution in [0.5, 0.6) is 0 Å². The summed E-state index contributed by atoms with van der Waals surface area (Å²) in [7, 11) is 0. The minimum atomic E-state index is -0.538. The highest BCUT2D eigenvalue weighted by molar-refractivity contribution is 5.74. The molecule has 2 rings (SSSR count). The number of nitro groups is 1. The third-order valence-corrected chi connectivity index (χ3v) is 3.16. The zero-order chi connectivity index (χ0) is 13.8. The second-order valence-corrected chi connectivity index (χ2v) is 4.32. The molecule has 0 aromatic carbocycles. The van der Waals surface area contributed by atoms with Gasteiger partial charge in [-0.25, -0.2) is 0 Å². The molecule has 7 nitrogen and oxygen atoms in total. The van der Waals surface area contributed by atoms with Crippen LogP contribution in [0.2, 0.25) is 0 Å². The van der Waals surface area contributed by atoms with Crippen molar-refractivity contribution in [3.05, 3.63) is 34.3 Å². The van der Waals surface area contributed by atoms with E-state index in [4.69, 9.17) is 4.74 Å². The SMILES string of the molecule is CCOC(=O)C1CCC1n1ccc(/C=C/[N+](=O)[O-])n1. The first kappa shape index (κ1) is 13.3. The van der Waals surface area contributed by atoms with Gasteiger partial charge in [-0.2, -0.15) is 5.10 Å². The quantitative estimate of drug-likeness (QED) is 0.459. The van der Waals surface area contributed by atoms with Crippen LogP contribution in [0, 0.1) is 16.0 Å². The number of carbonyl (C=O) groups is 1. The van der Waals surface area contributed by atoms with E-state index in [1.165, 1.54) is 6.08 Å². The van der Waals surface area contributed by atoms with E-state index in [-0.39, 0.29) is 17.9 Å². The lowest BCUT2D eigenvalue weighted by Crippen LogP contribution is -2.36. The van der Waals surface area contributed by atoms with Gasteiger partial charge in [-0.05, 0) is 25.8 Å². The van der Waals surface area contributed by atoms with Crippen molar-refractivity contribution in [3.63, 3.8) is 0 Å². The fraction of sp³-hybridized carbons (Fsp3) is 0.500. The third-order valence-electron chi connectivity index (χ3n) is 3.16. The van der Waals surface area contributed by atoms with E-state index in [0.29, 0.717) is 12.3 Å². The summed E-state index contributed by atoms with van der Waals surface area (Å²) in [4.78, 5) is 21.3. The summed E-state index contributed by atoms with van der Waals surface area (Å²) in [6.45, 7) is 2.15. The van der Waals surface area contributed by atoms with Crippen molar-refractivity contribution in [1.29, 1.82) is 0 Å². The number of hydrogen-bond acceptors (Lipinski definition) is 5. The summed E-state index contributed by atoms with van der Waals surface area (Å²) in [6.07, 6.45) is 5.56. The summed E-state index contributed by atoms with van der Waals surface area (Å²) >= 11 is 0. The first-order valence-corrected chi connectivity index (χ1v) is 6.15. The van der Waals surface area contributed by atoms with Gasteiger partial charge >= 0.3 is 5.97 Å². The van der Waals surface area contributed by atoms with E-state index in [2.05, 4.69) is 5.10 Å². The molecule has 1 aliphatic rings. The molecule has 7 heteroatoms. The largest absolute Gasteiger partial charge is 0.466 e. The number of rotatable bonds is 5. The van der Waals surface area contributed by atoms with E-state index in [1.54, 1.807) is 23.9 Å². The maximum Gasteiger partial charge on any atom is 0.311 e. The zero-order valence-electron chi connectivity index (χ0n) is 10.6. The Hall–Kier alpha value is -2.18. The van der Waals surface area contributed by atoms with E-state index < -0.39 is 4.92 Å². The molecule has 0 spiro atoms. The monoisotopic (exact) mass is 265 g/mol. The smallest absolute Gasteiger partial charge is 0.311 e. The van der Waals surface area contributed by atoms with E-state index in [9.17, 15) is 14.9 Å². The number of ether oxygens (including phenoxy) is 1. The fourth-order valence-electron chi connectivity index (χ4n) is 2.09. The standard InChI is InChI=1S/C12H15N3O4/c1-2-19-12(16)10-3-4-11(10)14-7-5-9(13-14)6-8-15(17)18/h5-8,10-11H,2-4H2,1H3/b8-6+. The molecule has 0 aliphatic heterocycles. The van der Waals surface area contributed by atoms with Crippen molar-refractivity contribution in [2.45, 2.75) is 25.8 Å². The number of aromatic nitrogens is 2. The molecule has 1 aromatic rings. The Morgan fingerprint density at radius 3 is 3.05 bits per heavy atom. The lowest BCUT2D eigenvalue weighted by atomic mass is 9.79. The molecule has 0 saturated heterocycles. The topological polar surface area (TPSA) is 87.3 Å². The third kappa shape index (κ3) is 2.98. The second-order valence-electron chi connectivity index (χ2n) is 4.32. The molecule has 2 atom stereocenters. The average molecular weight is 265 g/mol. The summed E-state index contributed by atoms with van der Waals surface area (Å²) in [5.41, 5.74) is 0.506. The minimum absolute atomic E-state index is 0.00296. The maximum absolute atomic E-state index is 11.7. The van der Waals surface area contributed by atoms with Crippen molar-refractivity contribution < 1.29 is 14.5 Å². The van der Waals surface area contributed by atoms with Crippen LogP contribution in [-0.2, 0) is 9.53 Å². The van der Waals surface area contributed by atoms with Crippen molar-refractivity contribution in [2.75, 3.05) is 6.61 Å². The van der Waals surface area contributed by atoms with Crippen LogP contribution in [0.3, 0.4) is 0 Å². The Morgan fingerprint density at radius 2 is 2.47 bits per heavy atom. The van der Waals surface area contributed by atoms with Crippen LogP contribution >= 0.6 is 0 Å². The normalized spacial score (nSPS) is 22.2. The predicted molar refractivity (Wildman–Crippen MR) is 66.6 cm³/mol. The predicted octanol–water partition coefficient (Wildman–Crippen LogP) is 1.64. The fourth-order valence-corrected chi connectivity index (χ4v) is 2.09. The van der Waals surface area contributed by atoms with Gasteiger partial charge in [0.1, 0.15) is 0 Å². The molecular weight excluding hydrogens is 250 g/mol. The Kier molecular flexibility index (Phi) is 3.94. The molecule has 1 aromatic heterocycles. The van der Waals surface area contributed by atoms with E-state index >= 15 is 0 Å². The molecule has 1 saturated carbocycles. The number of carbonyl (C=O) groups excluding carboxylic acids is 1. The number of esters is 1. The van der Waals surface area contributed by atoms with Crippen LogP contribution in [0.1, 0.15) is 31.5 Å². The molecule has 1 fully saturated rings. The molecule has 0 N–H and O–H groups in total. The summed E-state index contributed by atoms with van der Waals surface area (Å²) in [5, 5.41) is 14.4. The number of nitrogens with zero attached hydrogens (tertiary/aromatic N) is 3. The number of hydrogen-bond donors (Lipinski definition) is 0. The molecule has 0 amide bonds. The van der Waals surface area contributed by atoms with Gasteiger partial charge in [0.15, 0.2) is 0 Å². The molecule has 19 heavy (non-hydrogen) atoms. The molecule has 2 unspecified atom stereocenters. The highest BCUT2D eigenvalue weighted by Gasteiger charge is 2.39. The zero-order valence-corrected chi connectivity index (χ0v) is 10.6. The van der Waals surface area contributed by atoms with Crippen molar-refractivity contribution in [3.8, 4) is 0 Å². The van der Waals surface area contributed by atoms with E-state index in [1.807, 2.05) is 0 Å². The van der Waals surface area contributed by atoms with Crippen LogP contribution in [0.15, 0.2) is 18.5 Å². The van der Waals surface area contributed by atoms with Crippen LogP contribution < -0.4 is 0 Å². The van der Waals surface area contributed by atoms with Gasteiger partial charge in [-0.15, -0.1) is 0 Å². The first-order chi connectivity index (χ1) is 9.11. The van der Waals surface area contributed by atoms with Gasteiger partial charge in [0.05, 0.1) is 29.2 Å². The molecule has 0 radical (unpaired) electrons. The lowest BCUT2D eigenvalue weighted by molar-refractivity contribution is -0.401. The molecule has 0 bridgehead atoms. The maximum atomic E-state index is 11.7. The Labute approximate surface area is 110 Å². The minimum Gasteiger partial charge on any atom is -0.466 e. The highest BCUT2D eigenvalue weighted by atomic mass is 16.6.